The van der Waals surface area contributed by atoms with Gasteiger partial charge in [-0.1, -0.05) is 25.5 Å². The van der Waals surface area contributed by atoms with Gasteiger partial charge in [0.05, 0.1) is 22.0 Å². The first-order chi connectivity index (χ1) is 12.4. The van der Waals surface area contributed by atoms with E-state index in [2.05, 4.69) is 0 Å². The van der Waals surface area contributed by atoms with Gasteiger partial charge in [-0.25, -0.2) is 12.7 Å². The Morgan fingerprint density at radius 2 is 1.78 bits per heavy atom. The van der Waals surface area contributed by atoms with Crippen LogP contribution in [0.1, 0.15) is 46.1 Å². The molecule has 4 nitrogen and oxygen atoms in total. The van der Waals surface area contributed by atoms with E-state index in [1.807, 2.05) is 26.8 Å². The Hall–Kier alpha value is -1.83. The molecule has 2 unspecified atom stereocenters. The number of benzene rings is 1. The smallest absolute Gasteiger partial charge is 0.262 e. The Morgan fingerprint density at radius 3 is 2.30 bits per heavy atom. The second kappa shape index (κ2) is 6.36. The molecule has 27 heavy (non-hydrogen) atoms. The molecule has 0 saturated heterocycles. The summed E-state index contributed by atoms with van der Waals surface area (Å²) in [4.78, 5) is 4.58. The molecule has 0 fully saturated rings. The summed E-state index contributed by atoms with van der Waals surface area (Å²) in [6.45, 7) is 7.65. The zero-order chi connectivity index (χ0) is 20.2. The summed E-state index contributed by atoms with van der Waals surface area (Å²) in [6, 6.07) is 3.17. The van der Waals surface area contributed by atoms with Crippen LogP contribution in [-0.4, -0.2) is 30.1 Å². The van der Waals surface area contributed by atoms with Crippen molar-refractivity contribution in [3.8, 4) is 0 Å². The van der Waals surface area contributed by atoms with E-state index in [0.29, 0.717) is 5.84 Å². The predicted octanol–water partition coefficient (Wildman–Crippen LogP) is 4.63. The van der Waals surface area contributed by atoms with Crippen molar-refractivity contribution in [2.45, 2.75) is 63.2 Å². The summed E-state index contributed by atoms with van der Waals surface area (Å²) in [5.74, 6) is 0.495. The van der Waals surface area contributed by atoms with Crippen molar-refractivity contribution < 1.29 is 21.6 Å². The summed E-state index contributed by atoms with van der Waals surface area (Å²) < 4.78 is 66.2. The van der Waals surface area contributed by atoms with Gasteiger partial charge in [-0.15, -0.1) is 0 Å². The third kappa shape index (κ3) is 3.17. The minimum Gasteiger partial charge on any atom is -0.262 e. The van der Waals surface area contributed by atoms with E-state index in [0.717, 1.165) is 42.7 Å². The van der Waals surface area contributed by atoms with Crippen molar-refractivity contribution in [3.05, 3.63) is 41.5 Å². The summed E-state index contributed by atoms with van der Waals surface area (Å²) in [5.41, 5.74) is -0.324. The van der Waals surface area contributed by atoms with Gasteiger partial charge in [-0.3, -0.25) is 4.99 Å². The van der Waals surface area contributed by atoms with Crippen LogP contribution < -0.4 is 0 Å². The highest BCUT2D eigenvalue weighted by Crippen LogP contribution is 2.45. The first kappa shape index (κ1) is 19.9. The van der Waals surface area contributed by atoms with Gasteiger partial charge < -0.3 is 0 Å². The summed E-state index contributed by atoms with van der Waals surface area (Å²) in [7, 11) is -4.02. The minimum absolute atomic E-state index is 0.120. The molecule has 148 valence electrons. The number of hydrogen-bond donors (Lipinski definition) is 0. The fourth-order valence-corrected chi connectivity index (χ4v) is 5.64. The van der Waals surface area contributed by atoms with Crippen LogP contribution in [0.5, 0.6) is 0 Å². The predicted molar refractivity (Wildman–Crippen MR) is 97.9 cm³/mol. The molecule has 0 spiro atoms. The number of fused-ring (bicyclic) bond motifs is 1. The molecule has 1 aromatic carbocycles. The molecule has 0 radical (unpaired) electrons. The third-order valence-corrected chi connectivity index (χ3v) is 7.43. The number of allylic oxidation sites excluding steroid dienone is 1. The number of halogens is 3. The van der Waals surface area contributed by atoms with Crippen molar-refractivity contribution in [3.63, 3.8) is 0 Å². The second-order valence-corrected chi connectivity index (χ2v) is 9.40. The molecule has 0 N–H and O–H groups in total. The largest absolute Gasteiger partial charge is 0.416 e. The highest BCUT2D eigenvalue weighted by atomic mass is 32.2. The molecule has 0 amide bonds. The molecule has 1 heterocycles. The number of hydrogen-bond acceptors (Lipinski definition) is 3. The molecule has 0 bridgehead atoms. The van der Waals surface area contributed by atoms with E-state index in [1.54, 1.807) is 6.92 Å². The SMILES string of the molecule is CC1=CC2N(S(=O)(=O)c3ccc(C(F)(F)F)cc3)C(C)=NC2(C(C)C)CC1. The summed E-state index contributed by atoms with van der Waals surface area (Å²) in [6.07, 6.45) is -0.984. The van der Waals surface area contributed by atoms with Gasteiger partial charge in [0.15, 0.2) is 0 Å². The van der Waals surface area contributed by atoms with Crippen LogP contribution in [0.15, 0.2) is 45.8 Å². The lowest BCUT2D eigenvalue weighted by molar-refractivity contribution is -0.137. The quantitative estimate of drug-likeness (QED) is 0.695. The van der Waals surface area contributed by atoms with Crippen LogP contribution in [0.3, 0.4) is 0 Å². The maximum absolute atomic E-state index is 13.3. The number of aliphatic imine (C=N–C) groups is 1. The molecule has 2 atom stereocenters. The van der Waals surface area contributed by atoms with Crippen molar-refractivity contribution in [1.29, 1.82) is 0 Å². The molecule has 0 aromatic heterocycles. The van der Waals surface area contributed by atoms with E-state index in [9.17, 15) is 21.6 Å². The average Bonchev–Trinajstić information content (AvgIpc) is 2.87. The molecule has 1 aliphatic carbocycles. The Labute approximate surface area is 157 Å². The zero-order valence-corrected chi connectivity index (χ0v) is 16.5. The van der Waals surface area contributed by atoms with Crippen LogP contribution in [0, 0.1) is 5.92 Å². The molecule has 1 aliphatic heterocycles. The van der Waals surface area contributed by atoms with Crippen LogP contribution >= 0.6 is 0 Å². The Bertz CT molecular complexity index is 902. The number of amidine groups is 1. The maximum Gasteiger partial charge on any atom is 0.416 e. The highest BCUT2D eigenvalue weighted by Gasteiger charge is 2.53. The highest BCUT2D eigenvalue weighted by molar-refractivity contribution is 7.89. The van der Waals surface area contributed by atoms with Crippen LogP contribution in [-0.2, 0) is 16.2 Å². The monoisotopic (exact) mass is 400 g/mol. The zero-order valence-electron chi connectivity index (χ0n) is 15.7. The summed E-state index contributed by atoms with van der Waals surface area (Å²) in [5, 5.41) is 0. The first-order valence-electron chi connectivity index (χ1n) is 8.85. The Balaban J connectivity index is 2.06. The lowest BCUT2D eigenvalue weighted by atomic mass is 9.73. The topological polar surface area (TPSA) is 49.7 Å². The second-order valence-electron chi connectivity index (χ2n) is 7.59. The number of alkyl halides is 3. The first-order valence-corrected chi connectivity index (χ1v) is 10.3. The van der Waals surface area contributed by atoms with Crippen LogP contribution in [0.2, 0.25) is 0 Å². The van der Waals surface area contributed by atoms with Crippen LogP contribution in [0.25, 0.3) is 0 Å². The number of sulfonamides is 1. The molecule has 1 aromatic rings. The molecule has 8 heteroatoms. The standard InChI is InChI=1S/C19H23F3N2O2S/c1-12(2)18-10-9-13(3)11-17(18)24(14(4)23-18)27(25,26)16-7-5-15(6-8-16)19(20,21)22/h5-8,11-12,17H,9-10H2,1-4H3. The molecule has 2 aliphatic rings. The number of rotatable bonds is 3. The van der Waals surface area contributed by atoms with Gasteiger partial charge in [0.25, 0.3) is 10.0 Å². The number of nitrogens with zero attached hydrogens (tertiary/aromatic N) is 2. The van der Waals surface area contributed by atoms with Gasteiger partial charge >= 0.3 is 6.18 Å². The lowest BCUT2D eigenvalue weighted by Crippen LogP contribution is -2.52. The van der Waals surface area contributed by atoms with Gasteiger partial charge in [-0.2, -0.15) is 13.2 Å². The van der Waals surface area contributed by atoms with E-state index in [-0.39, 0.29) is 10.8 Å². The van der Waals surface area contributed by atoms with Gasteiger partial charge in [0.1, 0.15) is 5.84 Å². The molecule has 3 rings (SSSR count). The fourth-order valence-electron chi connectivity index (χ4n) is 4.00. The molecular formula is C19H23F3N2O2S. The van der Waals surface area contributed by atoms with Gasteiger partial charge in [-0.05, 0) is 56.9 Å². The van der Waals surface area contributed by atoms with Crippen molar-refractivity contribution in [2.75, 3.05) is 0 Å². The maximum atomic E-state index is 13.3. The van der Waals surface area contributed by atoms with Crippen molar-refractivity contribution in [1.82, 2.24) is 4.31 Å². The molecule has 0 saturated carbocycles. The van der Waals surface area contributed by atoms with Crippen molar-refractivity contribution in [2.24, 2.45) is 10.9 Å². The van der Waals surface area contributed by atoms with E-state index >= 15 is 0 Å². The van der Waals surface area contributed by atoms with Crippen molar-refractivity contribution >= 4 is 15.9 Å². The summed E-state index contributed by atoms with van der Waals surface area (Å²) >= 11 is 0. The minimum atomic E-state index is -4.51. The van der Waals surface area contributed by atoms with E-state index < -0.39 is 33.3 Å². The fraction of sp³-hybridized carbons (Fsp3) is 0.526. The molecular weight excluding hydrogens is 377 g/mol. The Kier molecular flexibility index (Phi) is 4.69. The van der Waals surface area contributed by atoms with Crippen LogP contribution in [0.4, 0.5) is 13.2 Å². The van der Waals surface area contributed by atoms with Gasteiger partial charge in [0, 0.05) is 0 Å². The third-order valence-electron chi connectivity index (χ3n) is 5.55. The Morgan fingerprint density at radius 1 is 1.19 bits per heavy atom. The average molecular weight is 400 g/mol. The van der Waals surface area contributed by atoms with Gasteiger partial charge in [0.2, 0.25) is 0 Å². The van der Waals surface area contributed by atoms with E-state index in [4.69, 9.17) is 4.99 Å². The van der Waals surface area contributed by atoms with E-state index in [1.165, 1.54) is 4.31 Å². The normalized spacial score (nSPS) is 26.1. The lowest BCUT2D eigenvalue weighted by Gasteiger charge is -2.41.